The largest absolute Gasteiger partial charge is 0.398 e. The molecule has 0 radical (unpaired) electrons. The molecule has 0 aliphatic carbocycles. The molecule has 7 heteroatoms. The Labute approximate surface area is 127 Å². The van der Waals surface area contributed by atoms with E-state index in [0.29, 0.717) is 15.6 Å². The number of halogens is 1. The molecule has 0 saturated carbocycles. The Bertz CT molecular complexity index is 733. The van der Waals surface area contributed by atoms with Gasteiger partial charge in [0, 0.05) is 20.5 Å². The van der Waals surface area contributed by atoms with Gasteiger partial charge in [0.2, 0.25) is 10.0 Å². The van der Waals surface area contributed by atoms with Crippen LogP contribution in [0.1, 0.15) is 0 Å². The van der Waals surface area contributed by atoms with Crippen molar-refractivity contribution in [2.24, 2.45) is 0 Å². The van der Waals surface area contributed by atoms with Crippen LogP contribution in [0.2, 0.25) is 5.02 Å². The van der Waals surface area contributed by atoms with Crippen LogP contribution in [-0.2, 0) is 10.0 Å². The van der Waals surface area contributed by atoms with Crippen molar-refractivity contribution in [3.05, 3.63) is 47.5 Å². The highest BCUT2D eigenvalue weighted by atomic mass is 35.5. The van der Waals surface area contributed by atoms with E-state index in [4.69, 9.17) is 17.3 Å². The molecule has 2 rings (SSSR count). The lowest BCUT2D eigenvalue weighted by molar-refractivity contribution is 0.588. The lowest BCUT2D eigenvalue weighted by Crippen LogP contribution is -2.18. The second-order valence-electron chi connectivity index (χ2n) is 3.97. The van der Waals surface area contributed by atoms with Crippen LogP contribution in [0.4, 0.5) is 5.69 Å². The fraction of sp³-hybridized carbons (Fsp3) is 0.0769. The predicted octanol–water partition coefficient (Wildman–Crippen LogP) is 2.98. The molecule has 0 spiro atoms. The SMILES string of the molecule is CNS(=O)(=O)c1ccc(N)c(Sc2cccc(Cl)c2)c1. The molecule has 2 aromatic carbocycles. The van der Waals surface area contributed by atoms with Crippen molar-refractivity contribution in [3.63, 3.8) is 0 Å². The molecule has 0 aromatic heterocycles. The van der Waals surface area contributed by atoms with Gasteiger partial charge in [-0.3, -0.25) is 0 Å². The lowest BCUT2D eigenvalue weighted by atomic mass is 10.3. The highest BCUT2D eigenvalue weighted by molar-refractivity contribution is 7.99. The van der Waals surface area contributed by atoms with E-state index in [-0.39, 0.29) is 4.90 Å². The molecule has 0 unspecified atom stereocenters. The molecule has 2 aromatic rings. The minimum absolute atomic E-state index is 0.179. The van der Waals surface area contributed by atoms with Crippen molar-refractivity contribution in [1.29, 1.82) is 0 Å². The monoisotopic (exact) mass is 328 g/mol. The van der Waals surface area contributed by atoms with Gasteiger partial charge < -0.3 is 5.73 Å². The summed E-state index contributed by atoms with van der Waals surface area (Å²) in [5.74, 6) is 0. The Kier molecular flexibility index (Phi) is 4.59. The fourth-order valence-corrected chi connectivity index (χ4v) is 3.59. The third-order valence-electron chi connectivity index (χ3n) is 2.59. The maximum Gasteiger partial charge on any atom is 0.240 e. The molecule has 20 heavy (non-hydrogen) atoms. The normalized spacial score (nSPS) is 11.5. The van der Waals surface area contributed by atoms with Crippen LogP contribution >= 0.6 is 23.4 Å². The van der Waals surface area contributed by atoms with Gasteiger partial charge in [-0.2, -0.15) is 0 Å². The molecular formula is C13H13ClN2O2S2. The summed E-state index contributed by atoms with van der Waals surface area (Å²) in [7, 11) is -2.11. The number of nitrogens with one attached hydrogen (secondary N) is 1. The number of anilines is 1. The van der Waals surface area contributed by atoms with E-state index in [9.17, 15) is 8.42 Å². The van der Waals surface area contributed by atoms with Crippen LogP contribution in [0, 0.1) is 0 Å². The van der Waals surface area contributed by atoms with E-state index >= 15 is 0 Å². The molecule has 4 nitrogen and oxygen atoms in total. The van der Waals surface area contributed by atoms with E-state index in [1.165, 1.54) is 24.9 Å². The first-order chi connectivity index (χ1) is 9.42. The summed E-state index contributed by atoms with van der Waals surface area (Å²) in [5, 5.41) is 0.618. The van der Waals surface area contributed by atoms with Gasteiger partial charge >= 0.3 is 0 Å². The van der Waals surface area contributed by atoms with Crippen molar-refractivity contribution >= 4 is 39.1 Å². The van der Waals surface area contributed by atoms with E-state index in [1.54, 1.807) is 24.3 Å². The Morgan fingerprint density at radius 1 is 1.20 bits per heavy atom. The Hall–Kier alpha value is -1.21. The first kappa shape index (κ1) is 15.2. The van der Waals surface area contributed by atoms with Gasteiger partial charge in [-0.05, 0) is 43.4 Å². The summed E-state index contributed by atoms with van der Waals surface area (Å²) < 4.78 is 25.9. The lowest BCUT2D eigenvalue weighted by Gasteiger charge is -2.09. The van der Waals surface area contributed by atoms with Gasteiger partial charge in [-0.1, -0.05) is 29.4 Å². The second-order valence-corrected chi connectivity index (χ2v) is 7.40. The van der Waals surface area contributed by atoms with E-state index in [2.05, 4.69) is 4.72 Å². The molecule has 0 heterocycles. The molecule has 0 saturated heterocycles. The van der Waals surface area contributed by atoms with Gasteiger partial charge in [0.05, 0.1) is 4.90 Å². The third kappa shape index (κ3) is 3.46. The highest BCUT2D eigenvalue weighted by Gasteiger charge is 2.13. The summed E-state index contributed by atoms with van der Waals surface area (Å²) in [6.45, 7) is 0. The molecule has 0 atom stereocenters. The van der Waals surface area contributed by atoms with Gasteiger partial charge in [0.15, 0.2) is 0 Å². The number of hydrogen-bond donors (Lipinski definition) is 2. The third-order valence-corrected chi connectivity index (χ3v) is 5.30. The molecule has 0 aliphatic rings. The Morgan fingerprint density at radius 2 is 1.95 bits per heavy atom. The average molecular weight is 329 g/mol. The quantitative estimate of drug-likeness (QED) is 0.846. The number of benzene rings is 2. The topological polar surface area (TPSA) is 72.2 Å². The van der Waals surface area contributed by atoms with Crippen molar-refractivity contribution in [3.8, 4) is 0 Å². The Morgan fingerprint density at radius 3 is 2.60 bits per heavy atom. The summed E-state index contributed by atoms with van der Waals surface area (Å²) >= 11 is 7.29. The molecule has 0 amide bonds. The molecule has 3 N–H and O–H groups in total. The number of hydrogen-bond acceptors (Lipinski definition) is 4. The van der Waals surface area contributed by atoms with Crippen molar-refractivity contribution in [2.45, 2.75) is 14.7 Å². The standard InChI is InChI=1S/C13H13ClN2O2S2/c1-16-20(17,18)11-5-6-12(15)13(8-11)19-10-4-2-3-9(14)7-10/h2-8,16H,15H2,1H3. The summed E-state index contributed by atoms with van der Waals surface area (Å²) in [5.41, 5.74) is 6.41. The zero-order chi connectivity index (χ0) is 14.8. The van der Waals surface area contributed by atoms with E-state index < -0.39 is 10.0 Å². The minimum Gasteiger partial charge on any atom is -0.398 e. The smallest absolute Gasteiger partial charge is 0.240 e. The minimum atomic E-state index is -3.48. The predicted molar refractivity (Wildman–Crippen MR) is 82.7 cm³/mol. The number of nitrogens with two attached hydrogens (primary N) is 1. The van der Waals surface area contributed by atoms with Crippen LogP contribution in [0.3, 0.4) is 0 Å². The fourth-order valence-electron chi connectivity index (χ4n) is 1.55. The summed E-state index contributed by atoms with van der Waals surface area (Å²) in [4.78, 5) is 1.74. The molecule has 0 bridgehead atoms. The first-order valence-corrected chi connectivity index (χ1v) is 8.36. The number of nitrogen functional groups attached to an aromatic ring is 1. The molecule has 106 valence electrons. The molecule has 0 fully saturated rings. The second kappa shape index (κ2) is 6.05. The van der Waals surface area contributed by atoms with Crippen LogP contribution in [0.15, 0.2) is 57.2 Å². The van der Waals surface area contributed by atoms with Crippen LogP contribution in [0.25, 0.3) is 0 Å². The van der Waals surface area contributed by atoms with Gasteiger partial charge in [0.1, 0.15) is 0 Å². The van der Waals surface area contributed by atoms with Crippen molar-refractivity contribution in [2.75, 3.05) is 12.8 Å². The van der Waals surface area contributed by atoms with Crippen molar-refractivity contribution < 1.29 is 8.42 Å². The maximum absolute atomic E-state index is 11.8. The summed E-state index contributed by atoms with van der Waals surface area (Å²) in [6.07, 6.45) is 0. The van der Waals surface area contributed by atoms with Crippen LogP contribution in [-0.4, -0.2) is 15.5 Å². The number of sulfonamides is 1. The van der Waals surface area contributed by atoms with Gasteiger partial charge in [-0.15, -0.1) is 0 Å². The van der Waals surface area contributed by atoms with Crippen LogP contribution < -0.4 is 10.5 Å². The van der Waals surface area contributed by atoms with E-state index in [1.807, 2.05) is 12.1 Å². The van der Waals surface area contributed by atoms with Crippen molar-refractivity contribution in [1.82, 2.24) is 4.72 Å². The first-order valence-electron chi connectivity index (χ1n) is 5.69. The van der Waals surface area contributed by atoms with E-state index in [0.717, 1.165) is 4.90 Å². The van der Waals surface area contributed by atoms with Crippen LogP contribution in [0.5, 0.6) is 0 Å². The zero-order valence-electron chi connectivity index (χ0n) is 10.6. The number of rotatable bonds is 4. The molecular weight excluding hydrogens is 316 g/mol. The Balaban J connectivity index is 2.39. The van der Waals surface area contributed by atoms with Gasteiger partial charge in [0.25, 0.3) is 0 Å². The zero-order valence-corrected chi connectivity index (χ0v) is 13.0. The maximum atomic E-state index is 11.8. The van der Waals surface area contributed by atoms with Gasteiger partial charge in [-0.25, -0.2) is 13.1 Å². The summed E-state index contributed by atoms with van der Waals surface area (Å²) in [6, 6.07) is 11.9. The average Bonchev–Trinajstić information content (AvgIpc) is 2.41. The highest BCUT2D eigenvalue weighted by Crippen LogP contribution is 2.34. The molecule has 0 aliphatic heterocycles.